The molecule has 1 fully saturated rings. The van der Waals surface area contributed by atoms with Crippen LogP contribution in [0.15, 0.2) is 12.2 Å². The number of nitrogens with zero attached hydrogens (tertiary/aromatic N) is 1. The van der Waals surface area contributed by atoms with Crippen LogP contribution in [0.4, 0.5) is 0 Å². The van der Waals surface area contributed by atoms with Gasteiger partial charge in [-0.15, -0.1) is 0 Å². The van der Waals surface area contributed by atoms with Gasteiger partial charge in [0.25, 0.3) is 0 Å². The third-order valence-electron chi connectivity index (χ3n) is 3.06. The van der Waals surface area contributed by atoms with E-state index in [9.17, 15) is 14.4 Å². The van der Waals surface area contributed by atoms with Gasteiger partial charge in [-0.1, -0.05) is 12.2 Å². The predicted octanol–water partition coefficient (Wildman–Crippen LogP) is 1.47. The van der Waals surface area contributed by atoms with Crippen LogP contribution in [-0.4, -0.2) is 42.3 Å². The van der Waals surface area contributed by atoms with Gasteiger partial charge >= 0.3 is 5.97 Å². The standard InChI is InChI=1S/C14H21NO4/c1-2-19-14(18)7-5-3-4-6-10-15-12(11-16)8-9-13(15)17/h4,6,11-12H,2-3,5,7-10H2,1H3. The summed E-state index contributed by atoms with van der Waals surface area (Å²) in [5.41, 5.74) is 0. The molecule has 19 heavy (non-hydrogen) atoms. The number of hydrogen-bond acceptors (Lipinski definition) is 4. The van der Waals surface area contributed by atoms with E-state index < -0.39 is 0 Å². The zero-order chi connectivity index (χ0) is 14.1. The van der Waals surface area contributed by atoms with Crippen molar-refractivity contribution < 1.29 is 19.1 Å². The summed E-state index contributed by atoms with van der Waals surface area (Å²) < 4.78 is 4.82. The molecular formula is C14H21NO4. The monoisotopic (exact) mass is 267 g/mol. The summed E-state index contributed by atoms with van der Waals surface area (Å²) in [5.74, 6) is -0.139. The minimum atomic E-state index is -0.267. The summed E-state index contributed by atoms with van der Waals surface area (Å²) in [4.78, 5) is 34.9. The molecule has 1 unspecified atom stereocenters. The Morgan fingerprint density at radius 3 is 2.95 bits per heavy atom. The van der Waals surface area contributed by atoms with Gasteiger partial charge in [-0.25, -0.2) is 0 Å². The van der Waals surface area contributed by atoms with Gasteiger partial charge in [0.1, 0.15) is 6.29 Å². The van der Waals surface area contributed by atoms with Crippen molar-refractivity contribution in [3.63, 3.8) is 0 Å². The van der Waals surface area contributed by atoms with Crippen molar-refractivity contribution in [2.24, 2.45) is 0 Å². The Balaban J connectivity index is 2.18. The van der Waals surface area contributed by atoms with Gasteiger partial charge in [0.05, 0.1) is 12.6 Å². The number of carbonyl (C=O) groups excluding carboxylic acids is 3. The lowest BCUT2D eigenvalue weighted by Crippen LogP contribution is -2.33. The van der Waals surface area contributed by atoms with E-state index in [-0.39, 0.29) is 17.9 Å². The molecule has 0 radical (unpaired) electrons. The molecule has 106 valence electrons. The fraction of sp³-hybridized carbons (Fsp3) is 0.643. The maximum Gasteiger partial charge on any atom is 0.305 e. The molecule has 1 aliphatic rings. The molecule has 5 nitrogen and oxygen atoms in total. The maximum atomic E-state index is 11.5. The zero-order valence-electron chi connectivity index (χ0n) is 11.3. The van der Waals surface area contributed by atoms with Crippen molar-refractivity contribution in [2.45, 2.75) is 45.1 Å². The average molecular weight is 267 g/mol. The Morgan fingerprint density at radius 1 is 1.47 bits per heavy atom. The fourth-order valence-corrected chi connectivity index (χ4v) is 2.04. The highest BCUT2D eigenvalue weighted by Crippen LogP contribution is 2.16. The quantitative estimate of drug-likeness (QED) is 0.289. The van der Waals surface area contributed by atoms with Crippen LogP contribution in [0.2, 0.25) is 0 Å². The second kappa shape index (κ2) is 8.45. The van der Waals surface area contributed by atoms with Crippen LogP contribution in [0.3, 0.4) is 0 Å². The van der Waals surface area contributed by atoms with Gasteiger partial charge in [-0.05, 0) is 26.2 Å². The minimum Gasteiger partial charge on any atom is -0.466 e. The van der Waals surface area contributed by atoms with Crippen molar-refractivity contribution in [2.75, 3.05) is 13.2 Å². The highest BCUT2D eigenvalue weighted by molar-refractivity contribution is 5.83. The first-order valence-electron chi connectivity index (χ1n) is 6.74. The van der Waals surface area contributed by atoms with Crippen LogP contribution in [-0.2, 0) is 19.1 Å². The van der Waals surface area contributed by atoms with E-state index in [1.807, 2.05) is 12.2 Å². The second-order valence-electron chi connectivity index (χ2n) is 4.46. The number of likely N-dealkylation sites (tertiary alicyclic amines) is 1. The van der Waals surface area contributed by atoms with Crippen LogP contribution in [0, 0.1) is 0 Å². The summed E-state index contributed by atoms with van der Waals surface area (Å²) >= 11 is 0. The Kier molecular flexibility index (Phi) is 6.85. The molecule has 1 aliphatic heterocycles. The highest BCUT2D eigenvalue weighted by atomic mass is 16.5. The van der Waals surface area contributed by atoms with E-state index in [1.165, 1.54) is 0 Å². The second-order valence-corrected chi connectivity index (χ2v) is 4.46. The number of rotatable bonds is 8. The van der Waals surface area contributed by atoms with Gasteiger partial charge in [-0.3, -0.25) is 9.59 Å². The molecule has 1 heterocycles. The predicted molar refractivity (Wildman–Crippen MR) is 70.4 cm³/mol. The number of ether oxygens (including phenoxy) is 1. The van der Waals surface area contributed by atoms with Gasteiger partial charge in [-0.2, -0.15) is 0 Å². The minimum absolute atomic E-state index is 0.0354. The molecule has 0 bridgehead atoms. The van der Waals surface area contributed by atoms with E-state index in [2.05, 4.69) is 0 Å². The largest absolute Gasteiger partial charge is 0.466 e. The molecule has 0 aromatic heterocycles. The number of esters is 1. The van der Waals surface area contributed by atoms with E-state index >= 15 is 0 Å². The molecule has 0 N–H and O–H groups in total. The fourth-order valence-electron chi connectivity index (χ4n) is 2.04. The van der Waals surface area contributed by atoms with Crippen LogP contribution < -0.4 is 0 Å². The van der Waals surface area contributed by atoms with Crippen molar-refractivity contribution in [3.05, 3.63) is 12.2 Å². The summed E-state index contributed by atoms with van der Waals surface area (Å²) in [6.45, 7) is 2.68. The highest BCUT2D eigenvalue weighted by Gasteiger charge is 2.29. The maximum absolute atomic E-state index is 11.5. The molecule has 0 saturated carbocycles. The Bertz CT molecular complexity index is 351. The van der Waals surface area contributed by atoms with Gasteiger partial charge in [0, 0.05) is 19.4 Å². The summed E-state index contributed by atoms with van der Waals surface area (Å²) in [7, 11) is 0. The lowest BCUT2D eigenvalue weighted by molar-refractivity contribution is -0.143. The average Bonchev–Trinajstić information content (AvgIpc) is 2.75. The number of allylic oxidation sites excluding steroid dienone is 1. The molecule has 0 aromatic carbocycles. The van der Waals surface area contributed by atoms with Gasteiger partial charge in [0.2, 0.25) is 5.91 Å². The van der Waals surface area contributed by atoms with Gasteiger partial charge < -0.3 is 14.4 Å². The summed E-state index contributed by atoms with van der Waals surface area (Å²) in [5, 5.41) is 0. The molecule has 1 saturated heterocycles. The SMILES string of the molecule is CCOC(=O)CCCC=CCN1C(=O)CCC1C=O. The van der Waals surface area contributed by atoms with Crippen LogP contribution in [0.1, 0.15) is 39.0 Å². The summed E-state index contributed by atoms with van der Waals surface area (Å²) in [6.07, 6.45) is 7.65. The number of unbranched alkanes of at least 4 members (excludes halogenated alkanes) is 1. The first kappa shape index (κ1) is 15.4. The van der Waals surface area contributed by atoms with Crippen molar-refractivity contribution in [1.82, 2.24) is 4.90 Å². The molecule has 0 aliphatic carbocycles. The molecule has 1 rings (SSSR count). The third-order valence-corrected chi connectivity index (χ3v) is 3.06. The van der Waals surface area contributed by atoms with Crippen LogP contribution in [0.5, 0.6) is 0 Å². The first-order chi connectivity index (χ1) is 9.19. The van der Waals surface area contributed by atoms with Crippen LogP contribution in [0.25, 0.3) is 0 Å². The number of carbonyl (C=O) groups is 3. The summed E-state index contributed by atoms with van der Waals surface area (Å²) in [6, 6.07) is -0.267. The zero-order valence-corrected chi connectivity index (χ0v) is 11.3. The van der Waals surface area contributed by atoms with Crippen molar-refractivity contribution in [3.8, 4) is 0 Å². The molecule has 5 heteroatoms. The normalized spacial score (nSPS) is 19.1. The number of hydrogen-bond donors (Lipinski definition) is 0. The molecule has 0 spiro atoms. The van der Waals surface area contributed by atoms with E-state index in [4.69, 9.17) is 4.74 Å². The Morgan fingerprint density at radius 2 is 2.26 bits per heavy atom. The van der Waals surface area contributed by atoms with E-state index in [0.717, 1.165) is 19.1 Å². The van der Waals surface area contributed by atoms with E-state index in [0.29, 0.717) is 32.4 Å². The molecule has 1 amide bonds. The van der Waals surface area contributed by atoms with Crippen molar-refractivity contribution in [1.29, 1.82) is 0 Å². The van der Waals surface area contributed by atoms with Crippen LogP contribution >= 0.6 is 0 Å². The number of aldehydes is 1. The van der Waals surface area contributed by atoms with Gasteiger partial charge in [0.15, 0.2) is 0 Å². The Hall–Kier alpha value is -1.65. The third kappa shape index (κ3) is 5.24. The lowest BCUT2D eigenvalue weighted by Gasteiger charge is -2.18. The number of amides is 1. The molecule has 0 aromatic rings. The molecular weight excluding hydrogens is 246 g/mol. The first-order valence-corrected chi connectivity index (χ1v) is 6.74. The van der Waals surface area contributed by atoms with Crippen molar-refractivity contribution >= 4 is 18.2 Å². The smallest absolute Gasteiger partial charge is 0.305 e. The lowest BCUT2D eigenvalue weighted by atomic mass is 10.2. The molecule has 1 atom stereocenters. The Labute approximate surface area is 113 Å². The topological polar surface area (TPSA) is 63.7 Å². The van der Waals surface area contributed by atoms with E-state index in [1.54, 1.807) is 11.8 Å².